The highest BCUT2D eigenvalue weighted by atomic mass is 19.1. The topological polar surface area (TPSA) is 12.0 Å². The highest BCUT2D eigenvalue weighted by Crippen LogP contribution is 2.11. The first-order valence-corrected chi connectivity index (χ1v) is 6.36. The van der Waals surface area contributed by atoms with Crippen molar-refractivity contribution in [2.45, 2.75) is 46.1 Å². The Hall–Kier alpha value is -0.890. The van der Waals surface area contributed by atoms with Crippen LogP contribution in [-0.4, -0.2) is 12.1 Å². The molecule has 17 heavy (non-hydrogen) atoms. The lowest BCUT2D eigenvalue weighted by Gasteiger charge is -2.23. The molecule has 1 N–H and O–H groups in total. The molecule has 0 saturated heterocycles. The van der Waals surface area contributed by atoms with Crippen molar-refractivity contribution in [2.75, 3.05) is 6.54 Å². The number of hydrogen-bond acceptors (Lipinski definition) is 1. The van der Waals surface area contributed by atoms with Gasteiger partial charge >= 0.3 is 0 Å². The third-order valence-corrected chi connectivity index (χ3v) is 2.80. The zero-order valence-corrected chi connectivity index (χ0v) is 11.4. The van der Waals surface area contributed by atoms with Crippen LogP contribution in [-0.2, 0) is 6.42 Å². The lowest BCUT2D eigenvalue weighted by Crippen LogP contribution is -2.38. The fourth-order valence-electron chi connectivity index (χ4n) is 1.69. The van der Waals surface area contributed by atoms with Gasteiger partial charge < -0.3 is 5.32 Å². The zero-order valence-electron chi connectivity index (χ0n) is 11.4. The van der Waals surface area contributed by atoms with E-state index in [0.29, 0.717) is 5.92 Å². The van der Waals surface area contributed by atoms with Crippen molar-refractivity contribution in [1.29, 1.82) is 0 Å². The number of rotatable bonds is 5. The van der Waals surface area contributed by atoms with Gasteiger partial charge in [-0.3, -0.25) is 0 Å². The summed E-state index contributed by atoms with van der Waals surface area (Å²) in [6.07, 6.45) is 2.04. The summed E-state index contributed by atoms with van der Waals surface area (Å²) in [7, 11) is 0. The van der Waals surface area contributed by atoms with Gasteiger partial charge in [0.25, 0.3) is 0 Å². The predicted octanol–water partition coefficient (Wildman–Crippen LogP) is 3.78. The van der Waals surface area contributed by atoms with E-state index in [1.165, 1.54) is 6.07 Å². The highest BCUT2D eigenvalue weighted by Gasteiger charge is 2.11. The van der Waals surface area contributed by atoms with Gasteiger partial charge in [0.1, 0.15) is 5.82 Å². The molecule has 1 aromatic carbocycles. The summed E-state index contributed by atoms with van der Waals surface area (Å²) in [6, 6.07) is 6.90. The maximum Gasteiger partial charge on any atom is 0.123 e. The van der Waals surface area contributed by atoms with Gasteiger partial charge in [0.2, 0.25) is 0 Å². The van der Waals surface area contributed by atoms with Crippen LogP contribution in [0.4, 0.5) is 4.39 Å². The number of benzene rings is 1. The van der Waals surface area contributed by atoms with E-state index in [1.807, 2.05) is 6.07 Å². The smallest absolute Gasteiger partial charge is 0.123 e. The Kier molecular flexibility index (Phi) is 5.13. The van der Waals surface area contributed by atoms with E-state index >= 15 is 0 Å². The van der Waals surface area contributed by atoms with Crippen LogP contribution in [0.3, 0.4) is 0 Å². The number of halogens is 1. The number of aryl methyl sites for hydroxylation is 1. The quantitative estimate of drug-likeness (QED) is 0.821. The second-order valence-corrected chi connectivity index (χ2v) is 5.90. The predicted molar refractivity (Wildman–Crippen MR) is 71.6 cm³/mol. The Morgan fingerprint density at radius 2 is 2.00 bits per heavy atom. The Bertz CT molecular complexity index is 341. The molecule has 0 aliphatic heterocycles. The summed E-state index contributed by atoms with van der Waals surface area (Å²) in [5.74, 6) is 0.473. The molecule has 0 radical (unpaired) electrons. The summed E-state index contributed by atoms with van der Waals surface area (Å²) in [4.78, 5) is 0. The fourth-order valence-corrected chi connectivity index (χ4v) is 1.69. The minimum atomic E-state index is -0.136. The SMILES string of the molecule is CC(CCc1cccc(F)c1)CNC(C)(C)C. The first-order valence-electron chi connectivity index (χ1n) is 6.36. The summed E-state index contributed by atoms with van der Waals surface area (Å²) in [5.41, 5.74) is 1.26. The maximum atomic E-state index is 13.0. The normalized spacial score (nSPS) is 13.7. The van der Waals surface area contributed by atoms with E-state index in [2.05, 4.69) is 33.0 Å². The van der Waals surface area contributed by atoms with Crippen LogP contribution in [0.1, 0.15) is 39.7 Å². The molecule has 96 valence electrons. The fraction of sp³-hybridized carbons (Fsp3) is 0.600. The first-order chi connectivity index (χ1) is 7.87. The molecule has 0 heterocycles. The highest BCUT2D eigenvalue weighted by molar-refractivity contribution is 5.16. The van der Waals surface area contributed by atoms with Crippen molar-refractivity contribution in [3.63, 3.8) is 0 Å². The average Bonchev–Trinajstić information content (AvgIpc) is 2.23. The van der Waals surface area contributed by atoms with E-state index in [9.17, 15) is 4.39 Å². The van der Waals surface area contributed by atoms with Crippen molar-refractivity contribution in [2.24, 2.45) is 5.92 Å². The van der Waals surface area contributed by atoms with E-state index < -0.39 is 0 Å². The molecule has 0 aliphatic carbocycles. The van der Waals surface area contributed by atoms with Crippen molar-refractivity contribution in [3.05, 3.63) is 35.6 Å². The molecule has 1 aromatic rings. The van der Waals surface area contributed by atoms with Crippen LogP contribution < -0.4 is 5.32 Å². The molecular weight excluding hydrogens is 213 g/mol. The van der Waals surface area contributed by atoms with E-state index in [1.54, 1.807) is 12.1 Å². The Balaban J connectivity index is 2.31. The molecule has 1 rings (SSSR count). The van der Waals surface area contributed by atoms with Gasteiger partial charge in [0.05, 0.1) is 0 Å². The Morgan fingerprint density at radius 3 is 2.59 bits per heavy atom. The van der Waals surface area contributed by atoms with Gasteiger partial charge in [-0.05, 0) is 63.8 Å². The van der Waals surface area contributed by atoms with Gasteiger partial charge in [-0.1, -0.05) is 19.1 Å². The second-order valence-electron chi connectivity index (χ2n) is 5.90. The molecule has 0 aromatic heterocycles. The molecule has 0 fully saturated rings. The van der Waals surface area contributed by atoms with Crippen LogP contribution in [0.5, 0.6) is 0 Å². The maximum absolute atomic E-state index is 13.0. The van der Waals surface area contributed by atoms with Crippen molar-refractivity contribution >= 4 is 0 Å². The van der Waals surface area contributed by atoms with Crippen molar-refractivity contribution < 1.29 is 4.39 Å². The zero-order chi connectivity index (χ0) is 12.9. The van der Waals surface area contributed by atoms with Gasteiger partial charge in [0, 0.05) is 5.54 Å². The summed E-state index contributed by atoms with van der Waals surface area (Å²) in [6.45, 7) is 9.77. The molecule has 0 bridgehead atoms. The summed E-state index contributed by atoms with van der Waals surface area (Å²) < 4.78 is 13.0. The Morgan fingerprint density at radius 1 is 1.29 bits per heavy atom. The molecule has 1 nitrogen and oxygen atoms in total. The van der Waals surface area contributed by atoms with Gasteiger partial charge in [-0.15, -0.1) is 0 Å². The van der Waals surface area contributed by atoms with Crippen molar-refractivity contribution in [1.82, 2.24) is 5.32 Å². The molecule has 0 aliphatic rings. The van der Waals surface area contributed by atoms with E-state index in [4.69, 9.17) is 0 Å². The lowest BCUT2D eigenvalue weighted by atomic mass is 9.99. The summed E-state index contributed by atoms with van der Waals surface area (Å²) in [5, 5.41) is 3.50. The monoisotopic (exact) mass is 237 g/mol. The minimum Gasteiger partial charge on any atom is -0.312 e. The number of nitrogens with one attached hydrogen (secondary N) is 1. The van der Waals surface area contributed by atoms with Crippen LogP contribution in [0, 0.1) is 11.7 Å². The van der Waals surface area contributed by atoms with E-state index in [0.717, 1.165) is 24.9 Å². The lowest BCUT2D eigenvalue weighted by molar-refractivity contribution is 0.372. The third kappa shape index (κ3) is 6.42. The summed E-state index contributed by atoms with van der Waals surface area (Å²) >= 11 is 0. The molecular formula is C15H24FN. The van der Waals surface area contributed by atoms with Crippen molar-refractivity contribution in [3.8, 4) is 0 Å². The number of hydrogen-bond donors (Lipinski definition) is 1. The average molecular weight is 237 g/mol. The standard InChI is InChI=1S/C15H24FN/c1-12(11-17-15(2,3)4)8-9-13-6-5-7-14(16)10-13/h5-7,10,12,17H,8-9,11H2,1-4H3. The molecule has 2 heteroatoms. The second kappa shape index (κ2) is 6.15. The molecule has 0 amide bonds. The third-order valence-electron chi connectivity index (χ3n) is 2.80. The van der Waals surface area contributed by atoms with Crippen LogP contribution in [0.15, 0.2) is 24.3 Å². The van der Waals surface area contributed by atoms with Gasteiger partial charge in [-0.2, -0.15) is 0 Å². The van der Waals surface area contributed by atoms with Gasteiger partial charge in [-0.25, -0.2) is 4.39 Å². The molecule has 1 unspecified atom stereocenters. The molecule has 1 atom stereocenters. The largest absolute Gasteiger partial charge is 0.312 e. The molecule has 0 spiro atoms. The van der Waals surface area contributed by atoms with E-state index in [-0.39, 0.29) is 11.4 Å². The molecule has 0 saturated carbocycles. The minimum absolute atomic E-state index is 0.136. The first kappa shape index (κ1) is 14.2. The van der Waals surface area contributed by atoms with Gasteiger partial charge in [0.15, 0.2) is 0 Å². The Labute approximate surface area is 104 Å². The van der Waals surface area contributed by atoms with Crippen LogP contribution >= 0.6 is 0 Å². The van der Waals surface area contributed by atoms with Crippen LogP contribution in [0.25, 0.3) is 0 Å². The van der Waals surface area contributed by atoms with Crippen LogP contribution in [0.2, 0.25) is 0 Å².